The van der Waals surface area contributed by atoms with E-state index in [1.807, 2.05) is 0 Å². The summed E-state index contributed by atoms with van der Waals surface area (Å²) < 4.78 is 0. The van der Waals surface area contributed by atoms with Gasteiger partial charge in [-0.25, -0.2) is 4.79 Å². The average Bonchev–Trinajstić information content (AvgIpc) is 1.88. The van der Waals surface area contributed by atoms with Crippen molar-refractivity contribution >= 4 is 5.97 Å². The zero-order chi connectivity index (χ0) is 9.02. The molecule has 11 heavy (non-hydrogen) atoms. The summed E-state index contributed by atoms with van der Waals surface area (Å²) in [5.41, 5.74) is -0.333. The Hall–Kier alpha value is -1.03. The van der Waals surface area contributed by atoms with Crippen LogP contribution in [0.4, 0.5) is 0 Å². The van der Waals surface area contributed by atoms with Crippen LogP contribution in [0.1, 0.15) is 13.8 Å². The summed E-state index contributed by atoms with van der Waals surface area (Å²) in [6.45, 7) is 2.65. The number of hydrogen-bond donors (Lipinski definition) is 3. The molecule has 0 aromatic rings. The van der Waals surface area contributed by atoms with Crippen LogP contribution in [-0.2, 0) is 4.79 Å². The summed E-state index contributed by atoms with van der Waals surface area (Å²) in [5, 5.41) is 26.0. The molecule has 0 radical (unpaired) electrons. The van der Waals surface area contributed by atoms with Gasteiger partial charge in [0.2, 0.25) is 0 Å². The van der Waals surface area contributed by atoms with Gasteiger partial charge in [-0.1, -0.05) is 13.8 Å². The highest BCUT2D eigenvalue weighted by Crippen LogP contribution is 2.10. The highest BCUT2D eigenvalue weighted by molar-refractivity contribution is 5.87. The van der Waals surface area contributed by atoms with E-state index in [2.05, 4.69) is 0 Å². The minimum atomic E-state index is -1.28. The molecule has 0 fully saturated rings. The van der Waals surface area contributed by atoms with Crippen molar-refractivity contribution in [2.75, 3.05) is 6.61 Å². The molecule has 0 amide bonds. The molecule has 0 aromatic heterocycles. The van der Waals surface area contributed by atoms with Crippen molar-refractivity contribution in [3.63, 3.8) is 0 Å². The first-order valence-electron chi connectivity index (χ1n) is 3.26. The number of hydrogen-bond acceptors (Lipinski definition) is 3. The number of rotatable bonds is 3. The molecule has 0 aliphatic carbocycles. The first kappa shape index (κ1) is 9.97. The normalized spacial score (nSPS) is 13.1. The fourth-order valence-electron chi connectivity index (χ4n) is 0.607. The van der Waals surface area contributed by atoms with Crippen LogP contribution in [0.5, 0.6) is 0 Å². The van der Waals surface area contributed by atoms with Gasteiger partial charge in [0.1, 0.15) is 5.76 Å². The Kier molecular flexibility index (Phi) is 3.60. The van der Waals surface area contributed by atoms with E-state index in [9.17, 15) is 4.79 Å². The Balaban J connectivity index is 4.68. The van der Waals surface area contributed by atoms with Crippen molar-refractivity contribution in [2.24, 2.45) is 5.92 Å². The van der Waals surface area contributed by atoms with Crippen molar-refractivity contribution in [3.05, 3.63) is 11.3 Å². The monoisotopic (exact) mass is 160 g/mol. The third-order valence-corrected chi connectivity index (χ3v) is 1.27. The molecular weight excluding hydrogens is 148 g/mol. The third kappa shape index (κ3) is 2.59. The molecule has 4 heteroatoms. The molecule has 0 spiro atoms. The van der Waals surface area contributed by atoms with Crippen LogP contribution < -0.4 is 0 Å². The van der Waals surface area contributed by atoms with Gasteiger partial charge in [-0.15, -0.1) is 0 Å². The Morgan fingerprint density at radius 2 is 1.82 bits per heavy atom. The first-order valence-corrected chi connectivity index (χ1v) is 3.26. The van der Waals surface area contributed by atoms with Crippen LogP contribution in [0, 0.1) is 5.92 Å². The smallest absolute Gasteiger partial charge is 0.337 e. The lowest BCUT2D eigenvalue weighted by atomic mass is 10.1. The first-order chi connectivity index (χ1) is 5.00. The predicted molar refractivity (Wildman–Crippen MR) is 39.2 cm³/mol. The quantitative estimate of drug-likeness (QED) is 0.415. The van der Waals surface area contributed by atoms with Gasteiger partial charge in [0.05, 0.1) is 12.2 Å². The fraction of sp³-hybridized carbons (Fsp3) is 0.571. The molecule has 3 N–H and O–H groups in total. The average molecular weight is 160 g/mol. The lowest BCUT2D eigenvalue weighted by Gasteiger charge is -2.06. The molecule has 0 rings (SSSR count). The summed E-state index contributed by atoms with van der Waals surface area (Å²) in [5.74, 6) is -1.81. The molecule has 0 aliphatic heterocycles. The summed E-state index contributed by atoms with van der Waals surface area (Å²) >= 11 is 0. The van der Waals surface area contributed by atoms with Crippen LogP contribution in [0.3, 0.4) is 0 Å². The number of aliphatic hydroxyl groups excluding tert-OH is 2. The molecule has 0 bridgehead atoms. The van der Waals surface area contributed by atoms with Crippen LogP contribution >= 0.6 is 0 Å². The topological polar surface area (TPSA) is 77.8 Å². The third-order valence-electron chi connectivity index (χ3n) is 1.27. The van der Waals surface area contributed by atoms with E-state index < -0.39 is 12.6 Å². The van der Waals surface area contributed by atoms with Gasteiger partial charge < -0.3 is 15.3 Å². The Morgan fingerprint density at radius 1 is 1.36 bits per heavy atom. The van der Waals surface area contributed by atoms with Gasteiger partial charge in [-0.3, -0.25) is 0 Å². The minimum Gasteiger partial charge on any atom is -0.511 e. The van der Waals surface area contributed by atoms with E-state index >= 15 is 0 Å². The predicted octanol–water partition coefficient (Wildman–Crippen LogP) is 0.531. The van der Waals surface area contributed by atoms with Gasteiger partial charge in [-0.2, -0.15) is 0 Å². The van der Waals surface area contributed by atoms with E-state index in [1.165, 1.54) is 0 Å². The molecule has 0 unspecified atom stereocenters. The maximum atomic E-state index is 10.3. The van der Waals surface area contributed by atoms with Crippen LogP contribution in [0.25, 0.3) is 0 Å². The van der Waals surface area contributed by atoms with E-state index in [0.29, 0.717) is 0 Å². The maximum Gasteiger partial charge on any atom is 0.337 e. The maximum absolute atomic E-state index is 10.3. The van der Waals surface area contributed by atoms with Crippen molar-refractivity contribution in [3.8, 4) is 0 Å². The Labute approximate surface area is 64.8 Å². The second-order valence-corrected chi connectivity index (χ2v) is 2.48. The summed E-state index contributed by atoms with van der Waals surface area (Å²) in [6, 6.07) is 0. The molecule has 0 aromatic carbocycles. The number of carboxylic acid groups (broad SMARTS) is 1. The fourth-order valence-corrected chi connectivity index (χ4v) is 0.607. The Morgan fingerprint density at radius 3 is 1.91 bits per heavy atom. The number of carbonyl (C=O) groups is 1. The van der Waals surface area contributed by atoms with Crippen molar-refractivity contribution in [1.29, 1.82) is 0 Å². The standard InChI is InChI=1S/C7H12O4/c1-4(2)6(9)5(3-8)7(10)11/h4,8-9H,3H2,1-2H3,(H,10,11). The molecule has 0 atom stereocenters. The second kappa shape index (κ2) is 3.98. The molecular formula is C7H12O4. The van der Waals surface area contributed by atoms with Crippen molar-refractivity contribution < 1.29 is 20.1 Å². The zero-order valence-electron chi connectivity index (χ0n) is 6.53. The lowest BCUT2D eigenvalue weighted by molar-refractivity contribution is -0.133. The SMILES string of the molecule is CC(C)C(O)=C(CO)C(=O)O. The second-order valence-electron chi connectivity index (χ2n) is 2.48. The largest absolute Gasteiger partial charge is 0.511 e. The van der Waals surface area contributed by atoms with Gasteiger partial charge >= 0.3 is 5.97 Å². The van der Waals surface area contributed by atoms with Crippen molar-refractivity contribution in [2.45, 2.75) is 13.8 Å². The lowest BCUT2D eigenvalue weighted by Crippen LogP contribution is -2.11. The number of aliphatic hydroxyl groups is 2. The van der Waals surface area contributed by atoms with Gasteiger partial charge in [0.15, 0.2) is 0 Å². The van der Waals surface area contributed by atoms with E-state index in [1.54, 1.807) is 13.8 Å². The molecule has 0 saturated carbocycles. The number of allylic oxidation sites excluding steroid dienone is 1. The molecule has 4 nitrogen and oxygen atoms in total. The van der Waals surface area contributed by atoms with Crippen molar-refractivity contribution in [1.82, 2.24) is 0 Å². The van der Waals surface area contributed by atoms with Gasteiger partial charge in [0.25, 0.3) is 0 Å². The van der Waals surface area contributed by atoms with Crippen LogP contribution in [0.2, 0.25) is 0 Å². The van der Waals surface area contributed by atoms with E-state index in [-0.39, 0.29) is 17.3 Å². The number of aliphatic carboxylic acids is 1. The summed E-state index contributed by atoms with van der Waals surface area (Å²) in [6.07, 6.45) is 0. The van der Waals surface area contributed by atoms with Gasteiger partial charge in [0, 0.05) is 5.92 Å². The zero-order valence-corrected chi connectivity index (χ0v) is 6.53. The number of carboxylic acids is 1. The van der Waals surface area contributed by atoms with Crippen LogP contribution in [-0.4, -0.2) is 27.9 Å². The van der Waals surface area contributed by atoms with E-state index in [4.69, 9.17) is 15.3 Å². The molecule has 0 aliphatic rings. The molecule has 0 saturated heterocycles. The van der Waals surface area contributed by atoms with Gasteiger partial charge in [-0.05, 0) is 0 Å². The highest BCUT2D eigenvalue weighted by Gasteiger charge is 2.14. The van der Waals surface area contributed by atoms with Crippen LogP contribution in [0.15, 0.2) is 11.3 Å². The van der Waals surface area contributed by atoms with E-state index in [0.717, 1.165) is 0 Å². The highest BCUT2D eigenvalue weighted by atomic mass is 16.4. The summed E-state index contributed by atoms with van der Waals surface area (Å²) in [7, 11) is 0. The summed E-state index contributed by atoms with van der Waals surface area (Å²) in [4.78, 5) is 10.3. The molecule has 0 heterocycles. The minimum absolute atomic E-state index is 0.264. The Bertz CT molecular complexity index is 181. The molecule has 64 valence electrons.